The summed E-state index contributed by atoms with van der Waals surface area (Å²) in [5.74, 6) is -0.0566. The lowest BCUT2D eigenvalue weighted by molar-refractivity contribution is -0.115. The largest absolute Gasteiger partial charge is 0.413 e. The van der Waals surface area contributed by atoms with Crippen LogP contribution in [0.15, 0.2) is 12.7 Å². The molecule has 5 heteroatoms. The average Bonchev–Trinajstić information content (AvgIpc) is 2.59. The molecule has 0 radical (unpaired) electrons. The molecule has 3 nitrogen and oxygen atoms in total. The molecule has 0 heterocycles. The quantitative estimate of drug-likeness (QED) is 0.160. The number of carbonyl (C=O) groups is 1. The van der Waals surface area contributed by atoms with Crippen molar-refractivity contribution >= 4 is 22.9 Å². The van der Waals surface area contributed by atoms with Crippen LogP contribution in [0.3, 0.4) is 0 Å². The summed E-state index contributed by atoms with van der Waals surface area (Å²) in [4.78, 5) is 12.0. The molecule has 4 atom stereocenters. The number of rotatable bonds is 13. The van der Waals surface area contributed by atoms with Crippen molar-refractivity contribution in [3.8, 4) is 0 Å². The van der Waals surface area contributed by atoms with Crippen molar-refractivity contribution in [2.75, 3.05) is 0 Å². The molecule has 0 N–H and O–H groups in total. The van der Waals surface area contributed by atoms with Crippen molar-refractivity contribution in [1.29, 1.82) is 0 Å². The van der Waals surface area contributed by atoms with Gasteiger partial charge in [0.1, 0.15) is 6.29 Å². The summed E-state index contributed by atoms with van der Waals surface area (Å²) in [6.45, 7) is 33.4. The number of hydrogen-bond acceptors (Lipinski definition) is 3. The minimum absolute atomic E-state index is 0.00831. The Balaban J connectivity index is 6.20. The molecule has 0 aromatic heterocycles. The van der Waals surface area contributed by atoms with E-state index < -0.39 is 16.6 Å². The second-order valence-electron chi connectivity index (χ2n) is 11.7. The summed E-state index contributed by atoms with van der Waals surface area (Å²) in [5, 5.41) is 0.130. The molecule has 0 unspecified atom stereocenters. The van der Waals surface area contributed by atoms with Crippen molar-refractivity contribution in [2.45, 2.75) is 130 Å². The third-order valence-corrected chi connectivity index (χ3v) is 18.1. The van der Waals surface area contributed by atoms with E-state index in [2.05, 4.69) is 88.9 Å². The zero-order valence-electron chi connectivity index (χ0n) is 22.3. The molecule has 30 heavy (non-hydrogen) atoms. The lowest BCUT2D eigenvalue weighted by Crippen LogP contribution is -2.55. The highest BCUT2D eigenvalue weighted by atomic mass is 28.4. The second-order valence-corrected chi connectivity index (χ2v) is 21.9. The molecule has 0 aromatic carbocycles. The molecular weight excluding hydrogens is 404 g/mol. The lowest BCUT2D eigenvalue weighted by Gasteiger charge is -2.48. The highest BCUT2D eigenvalue weighted by Crippen LogP contribution is 2.45. The first kappa shape index (κ1) is 29.8. The Kier molecular flexibility index (Phi) is 11.5. The van der Waals surface area contributed by atoms with Gasteiger partial charge >= 0.3 is 0 Å². The Morgan fingerprint density at radius 3 is 1.60 bits per heavy atom. The Morgan fingerprint density at radius 2 is 1.30 bits per heavy atom. The molecule has 0 amide bonds. The molecular formula is C25H52O3Si2. The van der Waals surface area contributed by atoms with Gasteiger partial charge in [-0.15, -0.1) is 6.58 Å². The number of carbonyl (C=O) groups excluding carboxylic acids is 1. The predicted molar refractivity (Wildman–Crippen MR) is 137 cm³/mol. The average molecular weight is 457 g/mol. The molecule has 0 aliphatic heterocycles. The maximum Gasteiger partial charge on any atom is 0.200 e. The van der Waals surface area contributed by atoms with Gasteiger partial charge in [0, 0.05) is 11.8 Å². The fourth-order valence-corrected chi connectivity index (χ4v) is 11.9. The molecule has 0 spiro atoms. The first-order valence-corrected chi connectivity index (χ1v) is 17.0. The van der Waals surface area contributed by atoms with Crippen LogP contribution in [0, 0.1) is 11.8 Å². The van der Waals surface area contributed by atoms with Gasteiger partial charge < -0.3 is 13.6 Å². The molecule has 0 saturated heterocycles. The van der Waals surface area contributed by atoms with E-state index >= 15 is 0 Å². The fourth-order valence-electron chi connectivity index (χ4n) is 4.72. The smallest absolute Gasteiger partial charge is 0.200 e. The van der Waals surface area contributed by atoms with E-state index in [0.29, 0.717) is 16.6 Å². The highest BCUT2D eigenvalue weighted by molar-refractivity contribution is 6.77. The number of hydrogen-bond donors (Lipinski definition) is 0. The summed E-state index contributed by atoms with van der Waals surface area (Å²) < 4.78 is 14.0. The van der Waals surface area contributed by atoms with E-state index in [4.69, 9.17) is 8.85 Å². The van der Waals surface area contributed by atoms with Crippen LogP contribution >= 0.6 is 0 Å². The van der Waals surface area contributed by atoms with E-state index in [0.717, 1.165) is 12.7 Å². The summed E-state index contributed by atoms with van der Waals surface area (Å²) in [6.07, 6.45) is 3.66. The number of aldehydes is 1. The monoisotopic (exact) mass is 456 g/mol. The lowest BCUT2D eigenvalue weighted by atomic mass is 9.89. The summed E-state index contributed by atoms with van der Waals surface area (Å²) >= 11 is 0. The van der Waals surface area contributed by atoms with E-state index in [1.54, 1.807) is 0 Å². The highest BCUT2D eigenvalue weighted by Gasteiger charge is 2.49. The van der Waals surface area contributed by atoms with Gasteiger partial charge in [0.15, 0.2) is 8.32 Å². The van der Waals surface area contributed by atoms with Crippen molar-refractivity contribution in [2.24, 2.45) is 11.8 Å². The topological polar surface area (TPSA) is 35.5 Å². The standard InChI is InChI=1S/C25H52O3Si2/c1-15-16-23(27-29(13,14)25(10,11)12)22(9)24(21(8)17-26)28-30(18(2)3,19(4)5)20(6)7/h15,17-24H,1,16H2,2-14H3/t21-,22+,23+,24-/m0/s1. The van der Waals surface area contributed by atoms with Crippen LogP contribution in [0.4, 0.5) is 0 Å². The van der Waals surface area contributed by atoms with Gasteiger partial charge in [-0.3, -0.25) is 0 Å². The van der Waals surface area contributed by atoms with Crippen LogP contribution in [0.25, 0.3) is 0 Å². The van der Waals surface area contributed by atoms with Gasteiger partial charge in [-0.05, 0) is 41.2 Å². The zero-order valence-corrected chi connectivity index (χ0v) is 24.3. The van der Waals surface area contributed by atoms with Gasteiger partial charge in [0.2, 0.25) is 8.32 Å². The Hall–Kier alpha value is -0.236. The van der Waals surface area contributed by atoms with E-state index in [1.165, 1.54) is 0 Å². The summed E-state index contributed by atoms with van der Waals surface area (Å²) in [5.41, 5.74) is 1.43. The maximum atomic E-state index is 12.0. The predicted octanol–water partition coefficient (Wildman–Crippen LogP) is 7.98. The third kappa shape index (κ3) is 6.88. The Bertz CT molecular complexity index is 513. The Labute approximate surface area is 190 Å². The molecule has 0 aliphatic carbocycles. The van der Waals surface area contributed by atoms with Gasteiger partial charge in [-0.2, -0.15) is 0 Å². The minimum atomic E-state index is -2.13. The maximum absolute atomic E-state index is 12.0. The van der Waals surface area contributed by atoms with Crippen molar-refractivity contribution in [1.82, 2.24) is 0 Å². The van der Waals surface area contributed by atoms with Crippen LogP contribution < -0.4 is 0 Å². The molecule has 0 bridgehead atoms. The van der Waals surface area contributed by atoms with E-state index in [-0.39, 0.29) is 29.1 Å². The van der Waals surface area contributed by atoms with Gasteiger partial charge in [0.05, 0.1) is 12.2 Å². The van der Waals surface area contributed by atoms with Gasteiger partial charge in [-0.1, -0.05) is 82.2 Å². The molecule has 178 valence electrons. The zero-order chi connectivity index (χ0) is 24.1. The first-order chi connectivity index (χ1) is 13.5. The normalized spacial score (nSPS) is 17.9. The fraction of sp³-hybridized carbons (Fsp3) is 0.880. The van der Waals surface area contributed by atoms with Crippen molar-refractivity contribution in [3.63, 3.8) is 0 Å². The van der Waals surface area contributed by atoms with Crippen LogP contribution in [0.5, 0.6) is 0 Å². The molecule has 0 fully saturated rings. The van der Waals surface area contributed by atoms with Crippen LogP contribution in [-0.4, -0.2) is 35.1 Å². The van der Waals surface area contributed by atoms with E-state index in [9.17, 15) is 4.79 Å². The van der Waals surface area contributed by atoms with Crippen molar-refractivity contribution < 1.29 is 13.6 Å². The molecule has 0 aromatic rings. The van der Waals surface area contributed by atoms with Crippen LogP contribution in [0.1, 0.15) is 82.6 Å². The minimum Gasteiger partial charge on any atom is -0.413 e. The Morgan fingerprint density at radius 1 is 0.867 bits per heavy atom. The van der Waals surface area contributed by atoms with Crippen molar-refractivity contribution in [3.05, 3.63) is 12.7 Å². The van der Waals surface area contributed by atoms with Gasteiger partial charge in [0.25, 0.3) is 0 Å². The van der Waals surface area contributed by atoms with Crippen LogP contribution in [0.2, 0.25) is 34.8 Å². The van der Waals surface area contributed by atoms with E-state index in [1.807, 2.05) is 13.0 Å². The molecule has 0 saturated carbocycles. The third-order valence-electron chi connectivity index (χ3n) is 7.54. The SMILES string of the molecule is C=CC[C@@H](O[Si](C)(C)C(C)(C)C)[C@@H](C)[C@@H](O[Si](C(C)C)(C(C)C)C(C)C)[C@@H](C)C=O. The summed E-state index contributed by atoms with van der Waals surface area (Å²) in [6, 6.07) is 0. The first-order valence-electron chi connectivity index (χ1n) is 11.9. The van der Waals surface area contributed by atoms with Crippen LogP contribution in [-0.2, 0) is 13.6 Å². The molecule has 0 aliphatic rings. The van der Waals surface area contributed by atoms with Gasteiger partial charge in [-0.25, -0.2) is 0 Å². The second kappa shape index (κ2) is 11.6. The molecule has 0 rings (SSSR count). The summed E-state index contributed by atoms with van der Waals surface area (Å²) in [7, 11) is -4.09.